The first-order valence-electron chi connectivity index (χ1n) is 6.69. The summed E-state index contributed by atoms with van der Waals surface area (Å²) in [5, 5.41) is 3.40. The fourth-order valence-corrected chi connectivity index (χ4v) is 2.47. The highest BCUT2D eigenvalue weighted by molar-refractivity contribution is 6.31. The van der Waals surface area contributed by atoms with Gasteiger partial charge in [0, 0.05) is 23.8 Å². The zero-order chi connectivity index (χ0) is 14.5. The quantitative estimate of drug-likeness (QED) is 0.890. The third kappa shape index (κ3) is 3.63. The Morgan fingerprint density at radius 2 is 1.95 bits per heavy atom. The minimum Gasteiger partial charge on any atom is -0.376 e. The number of rotatable bonds is 4. The summed E-state index contributed by atoms with van der Waals surface area (Å²) in [4.78, 5) is 25.2. The highest BCUT2D eigenvalue weighted by Crippen LogP contribution is 2.20. The molecule has 2 rings (SSSR count). The summed E-state index contributed by atoms with van der Waals surface area (Å²) in [7, 11) is 0. The normalized spacial score (nSPS) is 14.9. The molecular formula is C14H18ClN3O2. The molecule has 5 nitrogen and oxygen atoms in total. The molecule has 0 spiro atoms. The van der Waals surface area contributed by atoms with E-state index in [2.05, 4.69) is 5.32 Å². The summed E-state index contributed by atoms with van der Waals surface area (Å²) in [6.45, 7) is 1.77. The molecule has 6 heteroatoms. The van der Waals surface area contributed by atoms with Crippen LogP contribution >= 0.6 is 11.6 Å². The average Bonchev–Trinajstić information content (AvgIpc) is 2.46. The number of primary amides is 1. The SMILES string of the molecule is NC(=O)c1cc(Cl)ccc1NCC(=O)N1CCCCC1. The molecule has 0 saturated carbocycles. The Morgan fingerprint density at radius 1 is 1.25 bits per heavy atom. The van der Waals surface area contributed by atoms with Crippen molar-refractivity contribution in [2.75, 3.05) is 25.0 Å². The maximum atomic E-state index is 12.0. The Balaban J connectivity index is 1.99. The molecule has 0 bridgehead atoms. The monoisotopic (exact) mass is 295 g/mol. The number of amides is 2. The number of nitrogens with one attached hydrogen (secondary N) is 1. The van der Waals surface area contributed by atoms with E-state index in [0.29, 0.717) is 16.3 Å². The molecule has 1 fully saturated rings. The summed E-state index contributed by atoms with van der Waals surface area (Å²) >= 11 is 5.83. The number of likely N-dealkylation sites (tertiary alicyclic amines) is 1. The van der Waals surface area contributed by atoms with Gasteiger partial charge < -0.3 is 16.0 Å². The number of hydrogen-bond donors (Lipinski definition) is 2. The van der Waals surface area contributed by atoms with Crippen molar-refractivity contribution in [3.05, 3.63) is 28.8 Å². The molecule has 1 aromatic rings. The van der Waals surface area contributed by atoms with Crippen molar-refractivity contribution < 1.29 is 9.59 Å². The van der Waals surface area contributed by atoms with E-state index in [1.807, 2.05) is 4.90 Å². The standard InChI is InChI=1S/C14H18ClN3O2/c15-10-4-5-12(11(8-10)14(16)20)17-9-13(19)18-6-2-1-3-7-18/h4-5,8,17H,1-3,6-7,9H2,(H2,16,20). The largest absolute Gasteiger partial charge is 0.376 e. The number of nitrogens with two attached hydrogens (primary N) is 1. The number of nitrogens with zero attached hydrogens (tertiary/aromatic N) is 1. The number of carbonyl (C=O) groups excluding carboxylic acids is 2. The lowest BCUT2D eigenvalue weighted by Gasteiger charge is -2.27. The van der Waals surface area contributed by atoms with Crippen LogP contribution in [0.5, 0.6) is 0 Å². The fourth-order valence-electron chi connectivity index (χ4n) is 2.30. The lowest BCUT2D eigenvalue weighted by molar-refractivity contribution is -0.130. The first kappa shape index (κ1) is 14.7. The Kier molecular flexibility index (Phi) is 4.84. The van der Waals surface area contributed by atoms with Crippen molar-refractivity contribution in [1.29, 1.82) is 0 Å². The molecule has 108 valence electrons. The van der Waals surface area contributed by atoms with E-state index in [1.165, 1.54) is 12.5 Å². The van der Waals surface area contributed by atoms with Crippen LogP contribution in [0.3, 0.4) is 0 Å². The van der Waals surface area contributed by atoms with Crippen molar-refractivity contribution in [2.24, 2.45) is 5.73 Å². The van der Waals surface area contributed by atoms with Gasteiger partial charge in [-0.1, -0.05) is 11.6 Å². The molecule has 0 radical (unpaired) electrons. The van der Waals surface area contributed by atoms with Crippen LogP contribution in [-0.2, 0) is 4.79 Å². The van der Waals surface area contributed by atoms with Gasteiger partial charge >= 0.3 is 0 Å². The maximum absolute atomic E-state index is 12.0. The number of anilines is 1. The minimum atomic E-state index is -0.569. The Hall–Kier alpha value is -1.75. The predicted molar refractivity (Wildman–Crippen MR) is 78.9 cm³/mol. The second kappa shape index (κ2) is 6.61. The molecule has 1 aliphatic rings. The first-order chi connectivity index (χ1) is 9.58. The summed E-state index contributed by atoms with van der Waals surface area (Å²) in [6, 6.07) is 4.81. The van der Waals surface area contributed by atoms with E-state index in [-0.39, 0.29) is 12.5 Å². The summed E-state index contributed by atoms with van der Waals surface area (Å²) < 4.78 is 0. The average molecular weight is 296 g/mol. The van der Waals surface area contributed by atoms with Crippen molar-refractivity contribution >= 4 is 29.1 Å². The molecule has 1 aliphatic heterocycles. The van der Waals surface area contributed by atoms with Crippen molar-refractivity contribution in [3.63, 3.8) is 0 Å². The van der Waals surface area contributed by atoms with Crippen LogP contribution in [0.1, 0.15) is 29.6 Å². The molecule has 0 unspecified atom stereocenters. The summed E-state index contributed by atoms with van der Waals surface area (Å²) in [5.74, 6) is -0.532. The van der Waals surface area contributed by atoms with Gasteiger partial charge in [0.05, 0.1) is 12.1 Å². The molecule has 0 aliphatic carbocycles. The Labute approximate surface area is 123 Å². The molecule has 20 heavy (non-hydrogen) atoms. The molecule has 0 atom stereocenters. The topological polar surface area (TPSA) is 75.4 Å². The second-order valence-corrected chi connectivity index (χ2v) is 5.29. The van der Waals surface area contributed by atoms with Crippen molar-refractivity contribution in [1.82, 2.24) is 4.90 Å². The maximum Gasteiger partial charge on any atom is 0.250 e. The third-order valence-corrected chi connectivity index (χ3v) is 3.62. The van der Waals surface area contributed by atoms with Gasteiger partial charge in [-0.15, -0.1) is 0 Å². The van der Waals surface area contributed by atoms with Gasteiger partial charge in [-0.2, -0.15) is 0 Å². The van der Waals surface area contributed by atoms with Crippen molar-refractivity contribution in [3.8, 4) is 0 Å². The van der Waals surface area contributed by atoms with Crippen LogP contribution in [0.2, 0.25) is 5.02 Å². The van der Waals surface area contributed by atoms with E-state index in [1.54, 1.807) is 12.1 Å². The molecule has 1 aromatic carbocycles. The fraction of sp³-hybridized carbons (Fsp3) is 0.429. The van der Waals surface area contributed by atoms with Crippen LogP contribution in [0.25, 0.3) is 0 Å². The smallest absolute Gasteiger partial charge is 0.250 e. The van der Waals surface area contributed by atoms with E-state index in [4.69, 9.17) is 17.3 Å². The second-order valence-electron chi connectivity index (χ2n) is 4.85. The summed E-state index contributed by atoms with van der Waals surface area (Å²) in [5.41, 5.74) is 6.13. The molecule has 0 aromatic heterocycles. The van der Waals surface area contributed by atoms with Crippen LogP contribution in [-0.4, -0.2) is 36.3 Å². The molecule has 2 amide bonds. The van der Waals surface area contributed by atoms with Crippen LogP contribution < -0.4 is 11.1 Å². The molecular weight excluding hydrogens is 278 g/mol. The van der Waals surface area contributed by atoms with Crippen LogP contribution in [0, 0.1) is 0 Å². The zero-order valence-electron chi connectivity index (χ0n) is 11.2. The van der Waals surface area contributed by atoms with Gasteiger partial charge in [-0.3, -0.25) is 9.59 Å². The Bertz CT molecular complexity index is 513. The number of benzene rings is 1. The minimum absolute atomic E-state index is 0.0371. The van der Waals surface area contributed by atoms with Gasteiger partial charge in [0.15, 0.2) is 0 Å². The Morgan fingerprint density at radius 3 is 2.60 bits per heavy atom. The molecule has 1 saturated heterocycles. The number of halogens is 1. The summed E-state index contributed by atoms with van der Waals surface area (Å²) in [6.07, 6.45) is 3.29. The third-order valence-electron chi connectivity index (χ3n) is 3.39. The van der Waals surface area contributed by atoms with E-state index in [9.17, 15) is 9.59 Å². The first-order valence-corrected chi connectivity index (χ1v) is 7.07. The van der Waals surface area contributed by atoms with Crippen LogP contribution in [0.15, 0.2) is 18.2 Å². The van der Waals surface area contributed by atoms with Gasteiger partial charge in [-0.25, -0.2) is 0 Å². The number of hydrogen-bond acceptors (Lipinski definition) is 3. The number of piperidine rings is 1. The van der Waals surface area contributed by atoms with E-state index >= 15 is 0 Å². The zero-order valence-corrected chi connectivity index (χ0v) is 11.9. The van der Waals surface area contributed by atoms with E-state index < -0.39 is 5.91 Å². The van der Waals surface area contributed by atoms with Gasteiger partial charge in [0.25, 0.3) is 5.91 Å². The highest BCUT2D eigenvalue weighted by atomic mass is 35.5. The van der Waals surface area contributed by atoms with E-state index in [0.717, 1.165) is 25.9 Å². The van der Waals surface area contributed by atoms with Gasteiger partial charge in [0.1, 0.15) is 0 Å². The van der Waals surface area contributed by atoms with Gasteiger partial charge in [0.2, 0.25) is 5.91 Å². The lowest BCUT2D eigenvalue weighted by atomic mass is 10.1. The predicted octanol–water partition coefficient (Wildman–Crippen LogP) is 1.86. The van der Waals surface area contributed by atoms with Crippen molar-refractivity contribution in [2.45, 2.75) is 19.3 Å². The highest BCUT2D eigenvalue weighted by Gasteiger charge is 2.17. The molecule has 1 heterocycles. The van der Waals surface area contributed by atoms with Gasteiger partial charge in [-0.05, 0) is 37.5 Å². The lowest BCUT2D eigenvalue weighted by Crippen LogP contribution is -2.39. The van der Waals surface area contributed by atoms with Crippen LogP contribution in [0.4, 0.5) is 5.69 Å². The molecule has 3 N–H and O–H groups in total. The number of carbonyl (C=O) groups is 2.